The number of nitrogens with one attached hydrogen (secondary N) is 1. The van der Waals surface area contributed by atoms with Gasteiger partial charge < -0.3 is 10.4 Å². The number of hydrogen-bond donors (Lipinski definition) is 2. The molecule has 0 spiro atoms. The first-order valence-corrected chi connectivity index (χ1v) is 9.70. The summed E-state index contributed by atoms with van der Waals surface area (Å²) in [6.07, 6.45) is 5.37. The molecule has 1 heterocycles. The molecule has 0 radical (unpaired) electrons. The third kappa shape index (κ3) is 3.90. The Hall–Kier alpha value is -1.59. The Kier molecular flexibility index (Phi) is 5.74. The number of anilines is 1. The Balaban J connectivity index is 1.90. The first kappa shape index (κ1) is 17.2. The van der Waals surface area contributed by atoms with E-state index in [0.717, 1.165) is 61.2 Å². The molecule has 1 aromatic heterocycles. The SMILES string of the molecule is CCCCn1sc(-c2ccccc2)c(NC2CCC(O)CC2)c1=O. The number of hydrogen-bond acceptors (Lipinski definition) is 4. The van der Waals surface area contributed by atoms with Crippen LogP contribution in [0.5, 0.6) is 0 Å². The summed E-state index contributed by atoms with van der Waals surface area (Å²) in [6, 6.07) is 10.4. The Morgan fingerprint density at radius 2 is 1.92 bits per heavy atom. The van der Waals surface area contributed by atoms with Crippen molar-refractivity contribution in [1.29, 1.82) is 0 Å². The van der Waals surface area contributed by atoms with E-state index in [0.29, 0.717) is 0 Å². The molecule has 0 unspecified atom stereocenters. The third-order valence-corrected chi connectivity index (χ3v) is 5.86. The molecular weight excluding hydrogens is 320 g/mol. The van der Waals surface area contributed by atoms with Crippen molar-refractivity contribution in [2.45, 2.75) is 64.1 Å². The number of aromatic nitrogens is 1. The smallest absolute Gasteiger partial charge is 0.284 e. The van der Waals surface area contributed by atoms with Gasteiger partial charge in [0, 0.05) is 12.6 Å². The van der Waals surface area contributed by atoms with Crippen molar-refractivity contribution in [2.24, 2.45) is 0 Å². The van der Waals surface area contributed by atoms with E-state index < -0.39 is 0 Å². The van der Waals surface area contributed by atoms with Gasteiger partial charge in [-0.05, 0) is 37.7 Å². The van der Waals surface area contributed by atoms with Crippen molar-refractivity contribution < 1.29 is 5.11 Å². The molecule has 1 aliphatic carbocycles. The Morgan fingerprint density at radius 1 is 1.21 bits per heavy atom. The average Bonchev–Trinajstić information content (AvgIpc) is 2.92. The Bertz CT molecular complexity index is 700. The van der Waals surface area contributed by atoms with Crippen molar-refractivity contribution in [1.82, 2.24) is 3.96 Å². The summed E-state index contributed by atoms with van der Waals surface area (Å²) in [4.78, 5) is 13.9. The fraction of sp³-hybridized carbons (Fsp3) is 0.526. The fourth-order valence-corrected chi connectivity index (χ4v) is 4.30. The molecule has 5 heteroatoms. The highest BCUT2D eigenvalue weighted by molar-refractivity contribution is 7.10. The zero-order chi connectivity index (χ0) is 16.9. The monoisotopic (exact) mass is 346 g/mol. The number of unbranched alkanes of at least 4 members (excludes halogenated alkanes) is 1. The number of nitrogens with zero attached hydrogens (tertiary/aromatic N) is 1. The summed E-state index contributed by atoms with van der Waals surface area (Å²) in [5, 5.41) is 13.2. The van der Waals surface area contributed by atoms with E-state index in [4.69, 9.17) is 0 Å². The lowest BCUT2D eigenvalue weighted by molar-refractivity contribution is 0.126. The van der Waals surface area contributed by atoms with Gasteiger partial charge in [0.2, 0.25) is 0 Å². The molecule has 130 valence electrons. The summed E-state index contributed by atoms with van der Waals surface area (Å²) in [5.41, 5.74) is 1.93. The molecule has 1 aliphatic rings. The third-order valence-electron chi connectivity index (χ3n) is 4.66. The molecule has 3 rings (SSSR count). The molecular formula is C19H26N2O2S. The molecule has 1 saturated carbocycles. The van der Waals surface area contributed by atoms with Crippen LogP contribution < -0.4 is 10.9 Å². The molecule has 0 saturated heterocycles. The zero-order valence-electron chi connectivity index (χ0n) is 14.2. The van der Waals surface area contributed by atoms with Crippen LogP contribution in [0.4, 0.5) is 5.69 Å². The molecule has 24 heavy (non-hydrogen) atoms. The van der Waals surface area contributed by atoms with Crippen LogP contribution in [0.25, 0.3) is 10.4 Å². The molecule has 1 fully saturated rings. The predicted molar refractivity (Wildman–Crippen MR) is 101 cm³/mol. The molecule has 0 atom stereocenters. The maximum atomic E-state index is 12.9. The second kappa shape index (κ2) is 7.99. The van der Waals surface area contributed by atoms with Gasteiger partial charge in [-0.3, -0.25) is 8.75 Å². The summed E-state index contributed by atoms with van der Waals surface area (Å²) in [7, 11) is 0. The molecule has 2 N–H and O–H groups in total. The quantitative estimate of drug-likeness (QED) is 0.828. The lowest BCUT2D eigenvalue weighted by Gasteiger charge is -2.26. The number of benzene rings is 1. The molecule has 0 amide bonds. The topological polar surface area (TPSA) is 54.3 Å². The van der Waals surface area contributed by atoms with Gasteiger partial charge >= 0.3 is 0 Å². The molecule has 0 bridgehead atoms. The molecule has 0 aliphatic heterocycles. The zero-order valence-corrected chi connectivity index (χ0v) is 15.0. The summed E-state index contributed by atoms with van der Waals surface area (Å²) in [5.74, 6) is 0. The van der Waals surface area contributed by atoms with Crippen LogP contribution in [0.1, 0.15) is 45.4 Å². The van der Waals surface area contributed by atoms with Crippen LogP contribution >= 0.6 is 11.5 Å². The predicted octanol–water partition coefficient (Wildman–Crippen LogP) is 4.09. The van der Waals surface area contributed by atoms with Gasteiger partial charge in [-0.15, -0.1) is 0 Å². The maximum Gasteiger partial charge on any atom is 0.284 e. The van der Waals surface area contributed by atoms with Crippen molar-refractivity contribution in [3.8, 4) is 10.4 Å². The highest BCUT2D eigenvalue weighted by Gasteiger charge is 2.23. The number of aliphatic hydroxyl groups excluding tert-OH is 1. The minimum absolute atomic E-state index is 0.0958. The fourth-order valence-electron chi connectivity index (χ4n) is 3.21. The second-order valence-electron chi connectivity index (χ2n) is 6.57. The maximum absolute atomic E-state index is 12.9. The summed E-state index contributed by atoms with van der Waals surface area (Å²) < 4.78 is 1.88. The summed E-state index contributed by atoms with van der Waals surface area (Å²) >= 11 is 1.56. The van der Waals surface area contributed by atoms with E-state index in [1.54, 1.807) is 11.5 Å². The van der Waals surface area contributed by atoms with E-state index in [-0.39, 0.29) is 17.7 Å². The normalized spacial score (nSPS) is 20.9. The van der Waals surface area contributed by atoms with Crippen molar-refractivity contribution in [2.75, 3.05) is 5.32 Å². The average molecular weight is 346 g/mol. The highest BCUT2D eigenvalue weighted by atomic mass is 32.1. The van der Waals surface area contributed by atoms with E-state index in [9.17, 15) is 9.90 Å². The van der Waals surface area contributed by atoms with Crippen LogP contribution in [-0.2, 0) is 6.54 Å². The summed E-state index contributed by atoms with van der Waals surface area (Å²) in [6.45, 7) is 2.92. The van der Waals surface area contributed by atoms with E-state index >= 15 is 0 Å². The van der Waals surface area contributed by atoms with Crippen LogP contribution in [0.3, 0.4) is 0 Å². The lowest BCUT2D eigenvalue weighted by Crippen LogP contribution is -2.30. The lowest BCUT2D eigenvalue weighted by atomic mass is 9.93. The second-order valence-corrected chi connectivity index (χ2v) is 7.60. The van der Waals surface area contributed by atoms with Crippen LogP contribution in [-0.4, -0.2) is 21.2 Å². The first-order valence-electron chi connectivity index (χ1n) is 8.93. The van der Waals surface area contributed by atoms with Gasteiger partial charge in [0.1, 0.15) is 5.69 Å². The highest BCUT2D eigenvalue weighted by Crippen LogP contribution is 2.32. The number of rotatable bonds is 6. The van der Waals surface area contributed by atoms with Gasteiger partial charge in [0.15, 0.2) is 0 Å². The number of aryl methyl sites for hydroxylation is 1. The van der Waals surface area contributed by atoms with Gasteiger partial charge in [-0.1, -0.05) is 55.2 Å². The standard InChI is InChI=1S/C19H26N2O2S/c1-2-3-13-21-19(23)17(20-15-9-11-16(22)12-10-15)18(24-21)14-7-5-4-6-8-14/h4-8,15-16,20,22H,2-3,9-13H2,1H3. The van der Waals surface area contributed by atoms with Gasteiger partial charge in [-0.25, -0.2) is 0 Å². The Morgan fingerprint density at radius 3 is 2.58 bits per heavy atom. The molecule has 4 nitrogen and oxygen atoms in total. The number of aliphatic hydroxyl groups is 1. The van der Waals surface area contributed by atoms with E-state index in [1.165, 1.54) is 0 Å². The first-order chi connectivity index (χ1) is 11.7. The molecule has 1 aromatic carbocycles. The minimum Gasteiger partial charge on any atom is -0.393 e. The van der Waals surface area contributed by atoms with Gasteiger partial charge in [0.25, 0.3) is 5.56 Å². The van der Waals surface area contributed by atoms with Crippen LogP contribution in [0.2, 0.25) is 0 Å². The molecule has 2 aromatic rings. The minimum atomic E-state index is -0.180. The van der Waals surface area contributed by atoms with Crippen molar-refractivity contribution in [3.63, 3.8) is 0 Å². The van der Waals surface area contributed by atoms with Crippen LogP contribution in [0, 0.1) is 0 Å². The van der Waals surface area contributed by atoms with Crippen molar-refractivity contribution >= 4 is 17.2 Å². The Labute approximate surface area is 147 Å². The van der Waals surface area contributed by atoms with E-state index in [2.05, 4.69) is 24.4 Å². The largest absolute Gasteiger partial charge is 0.393 e. The van der Waals surface area contributed by atoms with Gasteiger partial charge in [0.05, 0.1) is 11.0 Å². The van der Waals surface area contributed by atoms with Crippen LogP contribution in [0.15, 0.2) is 35.1 Å². The van der Waals surface area contributed by atoms with E-state index in [1.807, 2.05) is 22.2 Å². The van der Waals surface area contributed by atoms with Crippen molar-refractivity contribution in [3.05, 3.63) is 40.7 Å². The van der Waals surface area contributed by atoms with Gasteiger partial charge in [-0.2, -0.15) is 0 Å².